The van der Waals surface area contributed by atoms with Gasteiger partial charge in [-0.15, -0.1) is 11.3 Å². The van der Waals surface area contributed by atoms with Crippen LogP contribution in [0.2, 0.25) is 0 Å². The number of aromatic amines is 1. The fraction of sp³-hybridized carbons (Fsp3) is 0.136. The van der Waals surface area contributed by atoms with Crippen molar-refractivity contribution in [3.8, 4) is 17.2 Å². The monoisotopic (exact) mass is 457 g/mol. The molecule has 162 valence electrons. The summed E-state index contributed by atoms with van der Waals surface area (Å²) in [5, 5.41) is 17.9. The molecule has 0 aliphatic heterocycles. The Hall–Kier alpha value is -4.43. The Labute approximate surface area is 190 Å². The maximum Gasteiger partial charge on any atom is 0.302 e. The molecule has 4 aromatic heterocycles. The van der Waals surface area contributed by atoms with Crippen molar-refractivity contribution in [2.24, 2.45) is 0 Å². The van der Waals surface area contributed by atoms with Crippen LogP contribution in [0, 0.1) is 11.3 Å². The quantitative estimate of drug-likeness (QED) is 0.301. The van der Waals surface area contributed by atoms with Gasteiger partial charge in [0.05, 0.1) is 5.69 Å². The van der Waals surface area contributed by atoms with E-state index in [1.54, 1.807) is 10.9 Å². The molecule has 0 bridgehead atoms. The number of nitrogens with two attached hydrogens (primary N) is 2. The molecular formula is C22H17N8O2S+. The number of nitrogens with one attached hydrogen (secondary N) is 2. The summed E-state index contributed by atoms with van der Waals surface area (Å²) in [6, 6.07) is 10.1. The molecule has 0 radical (unpaired) electrons. The zero-order chi connectivity index (χ0) is 22.7. The minimum absolute atomic E-state index is 0.0847. The number of aromatic nitrogens is 4. The molecule has 1 amide bonds. The maximum absolute atomic E-state index is 13.1. The van der Waals surface area contributed by atoms with Gasteiger partial charge in [0.1, 0.15) is 27.2 Å². The van der Waals surface area contributed by atoms with Crippen LogP contribution in [0.5, 0.6) is 0 Å². The number of nitrogens with zero attached hydrogens (tertiary/aromatic N) is 4. The Bertz CT molecular complexity index is 1620. The Morgan fingerprint density at radius 1 is 1.33 bits per heavy atom. The number of fused-ring (bicyclic) bond motifs is 2. The number of nitriles is 1. The summed E-state index contributed by atoms with van der Waals surface area (Å²) in [5.74, 6) is -0.134. The van der Waals surface area contributed by atoms with Crippen LogP contribution in [-0.2, 0) is 0 Å². The number of hydrogen-bond donors (Lipinski definition) is 4. The molecule has 0 unspecified atom stereocenters. The average Bonchev–Trinajstić information content (AvgIpc) is 3.21. The SMILES string of the molecule is N#Cc1c(N)nc2sc(C(=O)Nc3c[n+](C4CC4)no3)c(N)c2c1-c1cccc2[nH]ccc12. The molecule has 1 fully saturated rings. The second-order valence-electron chi connectivity index (χ2n) is 7.86. The van der Waals surface area contributed by atoms with Crippen molar-refractivity contribution in [2.45, 2.75) is 18.9 Å². The molecular weight excluding hydrogens is 440 g/mol. The molecule has 1 aromatic carbocycles. The number of carbonyl (C=O) groups is 1. The van der Waals surface area contributed by atoms with Gasteiger partial charge >= 0.3 is 5.88 Å². The van der Waals surface area contributed by atoms with E-state index in [9.17, 15) is 10.1 Å². The summed E-state index contributed by atoms with van der Waals surface area (Å²) < 4.78 is 6.92. The number of H-pyrrole nitrogens is 1. The van der Waals surface area contributed by atoms with E-state index in [4.69, 9.17) is 16.0 Å². The molecule has 6 N–H and O–H groups in total. The van der Waals surface area contributed by atoms with Crippen LogP contribution >= 0.6 is 11.3 Å². The first-order valence-electron chi connectivity index (χ1n) is 10.2. The molecule has 11 heteroatoms. The summed E-state index contributed by atoms with van der Waals surface area (Å²) in [6.07, 6.45) is 5.56. The van der Waals surface area contributed by atoms with Crippen LogP contribution < -0.4 is 21.5 Å². The molecule has 6 rings (SSSR count). The highest BCUT2D eigenvalue weighted by Gasteiger charge is 2.36. The molecule has 1 saturated carbocycles. The highest BCUT2D eigenvalue weighted by atomic mass is 32.1. The zero-order valence-corrected chi connectivity index (χ0v) is 17.9. The Morgan fingerprint density at radius 2 is 2.18 bits per heavy atom. The Morgan fingerprint density at radius 3 is 2.97 bits per heavy atom. The lowest BCUT2D eigenvalue weighted by Gasteiger charge is -2.11. The van der Waals surface area contributed by atoms with Crippen molar-refractivity contribution < 1.29 is 14.0 Å². The summed E-state index contributed by atoms with van der Waals surface area (Å²) in [4.78, 5) is 21.3. The molecule has 0 saturated heterocycles. The van der Waals surface area contributed by atoms with E-state index in [0.717, 1.165) is 40.6 Å². The summed E-state index contributed by atoms with van der Waals surface area (Å²) in [7, 11) is 0. The molecule has 10 nitrogen and oxygen atoms in total. The lowest BCUT2D eigenvalue weighted by molar-refractivity contribution is -0.765. The van der Waals surface area contributed by atoms with E-state index in [1.807, 2.05) is 30.5 Å². The minimum atomic E-state index is -0.447. The number of benzene rings is 1. The normalized spacial score (nSPS) is 13.4. The average molecular weight is 457 g/mol. The highest BCUT2D eigenvalue weighted by Crippen LogP contribution is 2.44. The van der Waals surface area contributed by atoms with Gasteiger partial charge in [-0.2, -0.15) is 5.26 Å². The molecule has 4 heterocycles. The van der Waals surface area contributed by atoms with E-state index in [-0.39, 0.29) is 27.8 Å². The number of carbonyl (C=O) groups excluding carboxylic acids is 1. The van der Waals surface area contributed by atoms with Crippen molar-refractivity contribution in [1.82, 2.24) is 15.2 Å². The van der Waals surface area contributed by atoms with Crippen LogP contribution in [-0.4, -0.2) is 21.1 Å². The first-order valence-corrected chi connectivity index (χ1v) is 11.0. The fourth-order valence-electron chi connectivity index (χ4n) is 4.02. The van der Waals surface area contributed by atoms with Gasteiger partial charge in [0.25, 0.3) is 12.1 Å². The van der Waals surface area contributed by atoms with Crippen molar-refractivity contribution in [3.63, 3.8) is 0 Å². The largest absolute Gasteiger partial charge is 0.397 e. The van der Waals surface area contributed by atoms with Gasteiger partial charge < -0.3 is 16.5 Å². The molecule has 1 aliphatic carbocycles. The Balaban J connectivity index is 1.51. The van der Waals surface area contributed by atoms with Crippen molar-refractivity contribution >= 4 is 55.8 Å². The number of hydrogen-bond acceptors (Lipinski definition) is 8. The van der Waals surface area contributed by atoms with Crippen LogP contribution in [0.4, 0.5) is 17.4 Å². The van der Waals surface area contributed by atoms with E-state index in [0.29, 0.717) is 21.8 Å². The predicted octanol–water partition coefficient (Wildman–Crippen LogP) is 3.34. The summed E-state index contributed by atoms with van der Waals surface area (Å²) in [5.41, 5.74) is 15.3. The van der Waals surface area contributed by atoms with E-state index in [1.165, 1.54) is 0 Å². The number of amides is 1. The van der Waals surface area contributed by atoms with Gasteiger partial charge in [-0.05, 0) is 22.4 Å². The second kappa shape index (κ2) is 7.04. The zero-order valence-electron chi connectivity index (χ0n) is 17.1. The fourth-order valence-corrected chi connectivity index (χ4v) is 5.03. The van der Waals surface area contributed by atoms with E-state index < -0.39 is 5.91 Å². The molecule has 5 aromatic rings. The van der Waals surface area contributed by atoms with Gasteiger partial charge in [0, 0.05) is 40.9 Å². The number of rotatable bonds is 4. The summed E-state index contributed by atoms with van der Waals surface area (Å²) in [6.45, 7) is 0. The topological polar surface area (TPSA) is 164 Å². The lowest BCUT2D eigenvalue weighted by atomic mass is 9.94. The van der Waals surface area contributed by atoms with Gasteiger partial charge in [-0.3, -0.25) is 14.6 Å². The lowest BCUT2D eigenvalue weighted by Crippen LogP contribution is -2.32. The third-order valence-corrected chi connectivity index (χ3v) is 6.83. The Kier molecular flexibility index (Phi) is 4.11. The van der Waals surface area contributed by atoms with Crippen LogP contribution in [0.3, 0.4) is 0 Å². The highest BCUT2D eigenvalue weighted by molar-refractivity contribution is 7.21. The van der Waals surface area contributed by atoms with Gasteiger partial charge in [-0.1, -0.05) is 12.1 Å². The van der Waals surface area contributed by atoms with Gasteiger partial charge in [0.15, 0.2) is 6.04 Å². The van der Waals surface area contributed by atoms with E-state index >= 15 is 0 Å². The number of thiophene rings is 1. The summed E-state index contributed by atoms with van der Waals surface area (Å²) >= 11 is 1.11. The maximum atomic E-state index is 13.1. The molecule has 33 heavy (non-hydrogen) atoms. The third-order valence-electron chi connectivity index (χ3n) is 5.73. The smallest absolute Gasteiger partial charge is 0.302 e. The first kappa shape index (κ1) is 19.3. The third kappa shape index (κ3) is 3.00. The van der Waals surface area contributed by atoms with E-state index in [2.05, 4.69) is 26.6 Å². The molecule has 1 aliphatic rings. The van der Waals surface area contributed by atoms with Crippen molar-refractivity contribution in [3.05, 3.63) is 47.1 Å². The van der Waals surface area contributed by atoms with Crippen molar-refractivity contribution in [2.75, 3.05) is 16.8 Å². The second-order valence-corrected chi connectivity index (χ2v) is 8.86. The predicted molar refractivity (Wildman–Crippen MR) is 123 cm³/mol. The molecule has 0 atom stereocenters. The van der Waals surface area contributed by atoms with Gasteiger partial charge in [-0.25, -0.2) is 4.98 Å². The molecule has 0 spiro atoms. The first-order chi connectivity index (χ1) is 16.0. The minimum Gasteiger partial charge on any atom is -0.397 e. The van der Waals surface area contributed by atoms with Crippen LogP contribution in [0.1, 0.15) is 34.1 Å². The standard InChI is InChI=1S/C22H16N8O2S/c23-8-13-16(12-2-1-3-14-11(12)6-7-26-14)17-18(24)19(33-22(17)28-20(13)25)21(31)27-15-9-30(29-32-15)10-4-5-10/h1-3,6-7,9-10H,4-5H2,(H5-,24,25,26,27,28,29,31)/p+1. The number of pyridine rings is 1. The van der Waals surface area contributed by atoms with Gasteiger partial charge in [0.2, 0.25) is 5.27 Å². The van der Waals surface area contributed by atoms with Crippen LogP contribution in [0.25, 0.3) is 32.2 Å². The van der Waals surface area contributed by atoms with Crippen LogP contribution in [0.15, 0.2) is 41.2 Å². The number of anilines is 3. The number of nitrogen functional groups attached to an aromatic ring is 2. The van der Waals surface area contributed by atoms with Crippen molar-refractivity contribution in [1.29, 1.82) is 5.26 Å².